The first kappa shape index (κ1) is 13.9. The molecule has 0 unspecified atom stereocenters. The molecule has 0 saturated heterocycles. The van der Waals surface area contributed by atoms with Gasteiger partial charge in [-0.2, -0.15) is 23.0 Å². The fourth-order valence-electron chi connectivity index (χ4n) is 1.20. The van der Waals surface area contributed by atoms with Crippen LogP contribution in [0.1, 0.15) is 5.69 Å². The summed E-state index contributed by atoms with van der Waals surface area (Å²) < 4.78 is 38.8. The molecule has 2 rings (SSSR count). The number of hydrogen-bond acceptors (Lipinski definition) is 5. The Hall–Kier alpha value is -1.55. The molecule has 2 heterocycles. The molecule has 0 atom stereocenters. The molecular weight excluding hydrogens is 303 g/mol. The maximum atomic E-state index is 12.6. The van der Waals surface area contributed by atoms with Gasteiger partial charge in [0.1, 0.15) is 5.03 Å². The van der Waals surface area contributed by atoms with Crippen LogP contribution in [0, 0.1) is 0 Å². The van der Waals surface area contributed by atoms with Gasteiger partial charge in [0.2, 0.25) is 5.13 Å². The Morgan fingerprint density at radius 3 is 2.79 bits per heavy atom. The van der Waals surface area contributed by atoms with Gasteiger partial charge < -0.3 is 5.11 Å². The predicted molar refractivity (Wildman–Crippen MR) is 62.6 cm³/mol. The number of aromatic nitrogens is 3. The highest BCUT2D eigenvalue weighted by Gasteiger charge is 2.35. The first-order valence-electron chi connectivity index (χ1n) is 4.79. The number of thioether (sulfide) groups is 1. The molecule has 0 fully saturated rings. The minimum atomic E-state index is -4.58. The maximum Gasteiger partial charge on any atom is 0.435 e. The van der Waals surface area contributed by atoms with Gasteiger partial charge in [-0.1, -0.05) is 11.8 Å². The number of carboxylic acids is 1. The van der Waals surface area contributed by atoms with E-state index < -0.39 is 17.8 Å². The second-order valence-electron chi connectivity index (χ2n) is 3.27. The van der Waals surface area contributed by atoms with Gasteiger partial charge in [0, 0.05) is 17.6 Å². The first-order chi connectivity index (χ1) is 8.88. The lowest BCUT2D eigenvalue weighted by molar-refractivity contribution is -0.141. The van der Waals surface area contributed by atoms with E-state index in [2.05, 4.69) is 10.1 Å². The Kier molecular flexibility index (Phi) is 3.80. The number of carbonyl (C=O) groups is 1. The standard InChI is InChI=1S/C9H6F3N3O2S2/c10-9(11,12)5-3-6(19-4-7(16)17)15(14-5)8-13-1-2-18-8/h1-3H,4H2,(H,16,17). The van der Waals surface area contributed by atoms with E-state index >= 15 is 0 Å². The number of rotatable bonds is 4. The molecule has 0 bridgehead atoms. The quantitative estimate of drug-likeness (QED) is 0.879. The van der Waals surface area contributed by atoms with Crippen LogP contribution in [-0.4, -0.2) is 31.6 Å². The van der Waals surface area contributed by atoms with Crippen molar-refractivity contribution in [2.45, 2.75) is 11.2 Å². The molecule has 0 aliphatic carbocycles. The molecule has 0 amide bonds. The third-order valence-corrected chi connectivity index (χ3v) is 3.64. The van der Waals surface area contributed by atoms with Crippen LogP contribution in [0.5, 0.6) is 0 Å². The van der Waals surface area contributed by atoms with Gasteiger partial charge in [0.05, 0.1) is 5.75 Å². The van der Waals surface area contributed by atoms with Crippen LogP contribution in [0.15, 0.2) is 22.7 Å². The van der Waals surface area contributed by atoms with Crippen molar-refractivity contribution in [1.82, 2.24) is 14.8 Å². The lowest BCUT2D eigenvalue weighted by atomic mass is 10.4. The Morgan fingerprint density at radius 2 is 2.26 bits per heavy atom. The highest BCUT2D eigenvalue weighted by Crippen LogP contribution is 2.33. The van der Waals surface area contributed by atoms with Crippen LogP contribution in [0.3, 0.4) is 0 Å². The summed E-state index contributed by atoms with van der Waals surface area (Å²) in [5.41, 5.74) is -1.07. The second-order valence-corrected chi connectivity index (χ2v) is 5.14. The van der Waals surface area contributed by atoms with E-state index in [0.29, 0.717) is 0 Å². The third kappa shape index (κ3) is 3.26. The first-order valence-corrected chi connectivity index (χ1v) is 6.66. The highest BCUT2D eigenvalue weighted by atomic mass is 32.2. The zero-order valence-electron chi connectivity index (χ0n) is 9.09. The summed E-state index contributed by atoms with van der Waals surface area (Å²) in [4.78, 5) is 14.3. The molecule has 0 aliphatic rings. The van der Waals surface area contributed by atoms with Crippen molar-refractivity contribution in [1.29, 1.82) is 0 Å². The Morgan fingerprint density at radius 1 is 1.53 bits per heavy atom. The summed E-state index contributed by atoms with van der Waals surface area (Å²) in [5, 5.41) is 13.9. The summed E-state index contributed by atoms with van der Waals surface area (Å²) in [6.45, 7) is 0. The molecule has 0 aromatic carbocycles. The average molecular weight is 309 g/mol. The van der Waals surface area contributed by atoms with Crippen molar-refractivity contribution in [2.24, 2.45) is 0 Å². The lowest BCUT2D eigenvalue weighted by Crippen LogP contribution is -2.07. The topological polar surface area (TPSA) is 68.0 Å². The third-order valence-electron chi connectivity index (χ3n) is 1.91. The van der Waals surface area contributed by atoms with Gasteiger partial charge in [-0.05, 0) is 0 Å². The molecule has 1 N–H and O–H groups in total. The van der Waals surface area contributed by atoms with E-state index in [1.807, 2.05) is 0 Å². The van der Waals surface area contributed by atoms with E-state index in [-0.39, 0.29) is 15.9 Å². The number of hydrogen-bond donors (Lipinski definition) is 1. The van der Waals surface area contributed by atoms with E-state index in [1.165, 1.54) is 6.20 Å². The number of alkyl halides is 3. The minimum absolute atomic E-state index is 0.0877. The van der Waals surface area contributed by atoms with E-state index in [4.69, 9.17) is 5.11 Å². The van der Waals surface area contributed by atoms with Gasteiger partial charge in [-0.3, -0.25) is 4.79 Å². The average Bonchev–Trinajstić information content (AvgIpc) is 2.94. The van der Waals surface area contributed by atoms with E-state index in [9.17, 15) is 18.0 Å². The zero-order valence-corrected chi connectivity index (χ0v) is 10.7. The smallest absolute Gasteiger partial charge is 0.435 e. The van der Waals surface area contributed by atoms with Crippen molar-refractivity contribution < 1.29 is 23.1 Å². The van der Waals surface area contributed by atoms with Crippen molar-refractivity contribution in [3.63, 3.8) is 0 Å². The highest BCUT2D eigenvalue weighted by molar-refractivity contribution is 7.99. The Labute approximate surface area is 113 Å². The summed E-state index contributed by atoms with van der Waals surface area (Å²) in [6, 6.07) is 0.814. The Bertz CT molecular complexity index is 580. The minimum Gasteiger partial charge on any atom is -0.481 e. The van der Waals surface area contributed by atoms with Crippen LogP contribution in [-0.2, 0) is 11.0 Å². The van der Waals surface area contributed by atoms with Crippen molar-refractivity contribution in [3.05, 3.63) is 23.3 Å². The van der Waals surface area contributed by atoms with Crippen LogP contribution in [0.2, 0.25) is 0 Å². The lowest BCUT2D eigenvalue weighted by Gasteiger charge is -2.01. The summed E-state index contributed by atoms with van der Waals surface area (Å²) in [5.74, 6) is -1.47. The number of halogens is 3. The zero-order chi connectivity index (χ0) is 14.0. The van der Waals surface area contributed by atoms with E-state index in [0.717, 1.165) is 33.8 Å². The summed E-state index contributed by atoms with van der Waals surface area (Å²) in [7, 11) is 0. The molecule has 102 valence electrons. The summed E-state index contributed by atoms with van der Waals surface area (Å²) in [6.07, 6.45) is -3.15. The molecule has 10 heteroatoms. The maximum absolute atomic E-state index is 12.6. The fourth-order valence-corrected chi connectivity index (χ4v) is 2.58. The van der Waals surface area contributed by atoms with Crippen LogP contribution < -0.4 is 0 Å². The molecular formula is C9H6F3N3O2S2. The Balaban J connectivity index is 2.39. The SMILES string of the molecule is O=C(O)CSc1cc(C(F)(F)F)nn1-c1nccs1. The largest absolute Gasteiger partial charge is 0.481 e. The molecule has 2 aromatic rings. The van der Waals surface area contributed by atoms with Crippen LogP contribution in [0.4, 0.5) is 13.2 Å². The van der Waals surface area contributed by atoms with Crippen molar-refractivity contribution in [2.75, 3.05) is 5.75 Å². The molecule has 0 radical (unpaired) electrons. The predicted octanol–water partition coefficient (Wildman–Crippen LogP) is 2.52. The number of nitrogens with zero attached hydrogens (tertiary/aromatic N) is 3. The second kappa shape index (κ2) is 5.21. The van der Waals surface area contributed by atoms with Crippen LogP contribution >= 0.6 is 23.1 Å². The number of thiazole rings is 1. The molecule has 0 saturated carbocycles. The van der Waals surface area contributed by atoms with Gasteiger partial charge in [-0.25, -0.2) is 4.98 Å². The molecule has 0 aliphatic heterocycles. The summed E-state index contributed by atoms with van der Waals surface area (Å²) >= 11 is 1.87. The van der Waals surface area contributed by atoms with Gasteiger partial charge in [-0.15, -0.1) is 11.3 Å². The fraction of sp³-hybridized carbons (Fsp3) is 0.222. The monoisotopic (exact) mass is 309 g/mol. The normalized spacial score (nSPS) is 11.7. The number of carboxylic acid groups (broad SMARTS) is 1. The van der Waals surface area contributed by atoms with Gasteiger partial charge in [0.25, 0.3) is 0 Å². The molecule has 2 aromatic heterocycles. The number of aliphatic carboxylic acids is 1. The van der Waals surface area contributed by atoms with Crippen LogP contribution in [0.25, 0.3) is 5.13 Å². The molecule has 5 nitrogen and oxygen atoms in total. The van der Waals surface area contributed by atoms with E-state index in [1.54, 1.807) is 5.38 Å². The molecule has 19 heavy (non-hydrogen) atoms. The van der Waals surface area contributed by atoms with Crippen molar-refractivity contribution in [3.8, 4) is 5.13 Å². The molecule has 0 spiro atoms. The van der Waals surface area contributed by atoms with Gasteiger partial charge >= 0.3 is 12.1 Å². The van der Waals surface area contributed by atoms with Gasteiger partial charge in [0.15, 0.2) is 5.69 Å². The van der Waals surface area contributed by atoms with Crippen molar-refractivity contribution >= 4 is 29.1 Å².